The van der Waals surface area contributed by atoms with Crippen molar-refractivity contribution in [3.05, 3.63) is 0 Å². The third-order valence-corrected chi connectivity index (χ3v) is 4.76. The van der Waals surface area contributed by atoms with E-state index >= 15 is 0 Å². The number of hydrogen-bond acceptors (Lipinski definition) is 4. The van der Waals surface area contributed by atoms with Crippen LogP contribution in [0.5, 0.6) is 0 Å². The molecule has 3 atom stereocenters. The quantitative estimate of drug-likeness (QED) is 0.858. The van der Waals surface area contributed by atoms with Gasteiger partial charge in [-0.15, -0.1) is 0 Å². The number of ether oxygens (including phenoxy) is 2. The molecular weight excluding hydrogens is 252 g/mol. The molecule has 2 N–H and O–H groups in total. The maximum Gasteiger partial charge on any atom is 0.0856 e. The molecule has 2 rings (SSSR count). The molecule has 0 saturated carbocycles. The molecular formula is C16H32N2O2. The zero-order valence-electron chi connectivity index (χ0n) is 13.8. The Bertz CT molecular complexity index is 328. The van der Waals surface area contributed by atoms with Crippen LogP contribution in [0, 0.1) is 5.92 Å². The number of nitrogens with zero attached hydrogens (tertiary/aromatic N) is 1. The van der Waals surface area contributed by atoms with Gasteiger partial charge in [0.15, 0.2) is 0 Å². The van der Waals surface area contributed by atoms with Gasteiger partial charge in [-0.3, -0.25) is 4.90 Å². The Kier molecular flexibility index (Phi) is 4.80. The monoisotopic (exact) mass is 284 g/mol. The summed E-state index contributed by atoms with van der Waals surface area (Å²) in [6.45, 7) is 14.8. The molecule has 0 aromatic heterocycles. The Balaban J connectivity index is 2.01. The van der Waals surface area contributed by atoms with Crippen molar-refractivity contribution in [3.8, 4) is 0 Å². The Hall–Kier alpha value is -0.160. The maximum absolute atomic E-state index is 6.58. The molecule has 0 amide bonds. The summed E-state index contributed by atoms with van der Waals surface area (Å²) < 4.78 is 12.2. The van der Waals surface area contributed by atoms with Crippen LogP contribution in [0.25, 0.3) is 0 Å². The first-order chi connectivity index (χ1) is 9.25. The fourth-order valence-corrected chi connectivity index (χ4v) is 3.95. The molecule has 0 bridgehead atoms. The number of nitrogens with two attached hydrogens (primary N) is 1. The standard InChI is InChI=1S/C16H32N2O2/c1-6-7-18-8-9-19-13(11-18)14(17)12-10-15(2,3)20-16(12,4)5/h12-14H,6-11,17H2,1-5H3. The number of hydrogen-bond donors (Lipinski definition) is 1. The molecule has 0 spiro atoms. The largest absolute Gasteiger partial charge is 0.374 e. The van der Waals surface area contributed by atoms with Gasteiger partial charge in [-0.05, 0) is 47.1 Å². The summed E-state index contributed by atoms with van der Waals surface area (Å²) in [4.78, 5) is 2.47. The summed E-state index contributed by atoms with van der Waals surface area (Å²) in [7, 11) is 0. The summed E-state index contributed by atoms with van der Waals surface area (Å²) in [6, 6.07) is 0.0476. The molecule has 2 aliphatic rings. The summed E-state index contributed by atoms with van der Waals surface area (Å²) in [5.74, 6) is 0.351. The topological polar surface area (TPSA) is 47.7 Å². The Morgan fingerprint density at radius 1 is 1.30 bits per heavy atom. The van der Waals surface area contributed by atoms with E-state index in [1.165, 1.54) is 6.42 Å². The van der Waals surface area contributed by atoms with Crippen LogP contribution < -0.4 is 5.73 Å². The van der Waals surface area contributed by atoms with Gasteiger partial charge in [0, 0.05) is 25.0 Å². The smallest absolute Gasteiger partial charge is 0.0856 e. The van der Waals surface area contributed by atoms with Gasteiger partial charge in [0.25, 0.3) is 0 Å². The molecule has 20 heavy (non-hydrogen) atoms. The average molecular weight is 284 g/mol. The van der Waals surface area contributed by atoms with E-state index in [-0.39, 0.29) is 23.3 Å². The van der Waals surface area contributed by atoms with Crippen molar-refractivity contribution < 1.29 is 9.47 Å². The van der Waals surface area contributed by atoms with Crippen molar-refractivity contribution >= 4 is 0 Å². The molecule has 118 valence electrons. The highest BCUT2D eigenvalue weighted by Crippen LogP contribution is 2.44. The minimum atomic E-state index is -0.167. The molecule has 0 aromatic carbocycles. The number of rotatable bonds is 4. The lowest BCUT2D eigenvalue weighted by atomic mass is 9.79. The predicted molar refractivity (Wildman–Crippen MR) is 81.8 cm³/mol. The second-order valence-electron chi connectivity index (χ2n) is 7.56. The fraction of sp³-hybridized carbons (Fsp3) is 1.00. The zero-order chi connectivity index (χ0) is 15.0. The highest BCUT2D eigenvalue weighted by Gasteiger charge is 2.50. The van der Waals surface area contributed by atoms with Crippen LogP contribution in [0.1, 0.15) is 47.5 Å². The average Bonchev–Trinajstić information content (AvgIpc) is 2.57. The highest BCUT2D eigenvalue weighted by molar-refractivity contribution is 5.01. The van der Waals surface area contributed by atoms with Crippen LogP contribution >= 0.6 is 0 Å². The second-order valence-corrected chi connectivity index (χ2v) is 7.56. The van der Waals surface area contributed by atoms with E-state index in [0.717, 1.165) is 32.7 Å². The predicted octanol–water partition coefficient (Wildman–Crippen LogP) is 2.02. The first-order valence-electron chi connectivity index (χ1n) is 8.05. The minimum absolute atomic E-state index is 0.0476. The first kappa shape index (κ1) is 16.2. The van der Waals surface area contributed by atoms with Gasteiger partial charge in [0.2, 0.25) is 0 Å². The van der Waals surface area contributed by atoms with E-state index in [4.69, 9.17) is 15.2 Å². The molecule has 0 radical (unpaired) electrons. The van der Waals surface area contributed by atoms with E-state index in [0.29, 0.717) is 5.92 Å². The van der Waals surface area contributed by atoms with Crippen molar-refractivity contribution in [2.45, 2.75) is 70.8 Å². The minimum Gasteiger partial charge on any atom is -0.374 e. The Labute approximate surface area is 124 Å². The van der Waals surface area contributed by atoms with Gasteiger partial charge in [0.1, 0.15) is 0 Å². The van der Waals surface area contributed by atoms with Crippen molar-refractivity contribution in [2.75, 3.05) is 26.2 Å². The molecule has 0 aromatic rings. The van der Waals surface area contributed by atoms with E-state index in [2.05, 4.69) is 39.5 Å². The van der Waals surface area contributed by atoms with Crippen LogP contribution in [0.2, 0.25) is 0 Å². The van der Waals surface area contributed by atoms with Gasteiger partial charge >= 0.3 is 0 Å². The Morgan fingerprint density at radius 2 is 2.00 bits per heavy atom. The molecule has 4 heteroatoms. The molecule has 2 heterocycles. The molecule has 3 unspecified atom stereocenters. The van der Waals surface area contributed by atoms with E-state index in [9.17, 15) is 0 Å². The lowest BCUT2D eigenvalue weighted by Gasteiger charge is -2.40. The molecule has 4 nitrogen and oxygen atoms in total. The zero-order valence-corrected chi connectivity index (χ0v) is 13.8. The lowest BCUT2D eigenvalue weighted by Crippen LogP contribution is -2.56. The van der Waals surface area contributed by atoms with Crippen LogP contribution in [-0.2, 0) is 9.47 Å². The molecule has 2 fully saturated rings. The molecule has 2 aliphatic heterocycles. The fourth-order valence-electron chi connectivity index (χ4n) is 3.95. The van der Waals surface area contributed by atoms with E-state index < -0.39 is 0 Å². The highest BCUT2D eigenvalue weighted by atomic mass is 16.5. The van der Waals surface area contributed by atoms with Gasteiger partial charge in [-0.25, -0.2) is 0 Å². The number of morpholine rings is 1. The summed E-state index contributed by atoms with van der Waals surface area (Å²) >= 11 is 0. The van der Waals surface area contributed by atoms with Crippen LogP contribution in [0.4, 0.5) is 0 Å². The van der Waals surface area contributed by atoms with Crippen molar-refractivity contribution in [2.24, 2.45) is 11.7 Å². The van der Waals surface area contributed by atoms with Gasteiger partial charge < -0.3 is 15.2 Å². The van der Waals surface area contributed by atoms with Crippen LogP contribution in [0.3, 0.4) is 0 Å². The summed E-state index contributed by atoms with van der Waals surface area (Å²) in [6.07, 6.45) is 2.33. The van der Waals surface area contributed by atoms with Gasteiger partial charge in [0.05, 0.1) is 23.9 Å². The van der Waals surface area contributed by atoms with Crippen LogP contribution in [-0.4, -0.2) is 54.5 Å². The SMILES string of the molecule is CCCN1CCOC(C(N)C2CC(C)(C)OC2(C)C)C1. The van der Waals surface area contributed by atoms with Gasteiger partial charge in [-0.1, -0.05) is 6.92 Å². The second kappa shape index (κ2) is 5.91. The molecule has 0 aliphatic carbocycles. The van der Waals surface area contributed by atoms with Crippen LogP contribution in [0.15, 0.2) is 0 Å². The normalized spacial score (nSPS) is 35.1. The van der Waals surface area contributed by atoms with Crippen molar-refractivity contribution in [3.63, 3.8) is 0 Å². The first-order valence-corrected chi connectivity index (χ1v) is 8.05. The van der Waals surface area contributed by atoms with E-state index in [1.54, 1.807) is 0 Å². The summed E-state index contributed by atoms with van der Waals surface area (Å²) in [5.41, 5.74) is 6.33. The van der Waals surface area contributed by atoms with E-state index in [1.807, 2.05) is 0 Å². The lowest BCUT2D eigenvalue weighted by molar-refractivity contribution is -0.0926. The van der Waals surface area contributed by atoms with Crippen molar-refractivity contribution in [1.82, 2.24) is 4.90 Å². The molecule has 2 saturated heterocycles. The summed E-state index contributed by atoms with van der Waals surface area (Å²) in [5, 5.41) is 0. The Morgan fingerprint density at radius 3 is 2.55 bits per heavy atom. The third-order valence-electron chi connectivity index (χ3n) is 4.76. The van der Waals surface area contributed by atoms with Crippen molar-refractivity contribution in [1.29, 1.82) is 0 Å². The third kappa shape index (κ3) is 3.53. The van der Waals surface area contributed by atoms with Gasteiger partial charge in [-0.2, -0.15) is 0 Å². The maximum atomic E-state index is 6.58.